The van der Waals surface area contributed by atoms with Gasteiger partial charge in [0.05, 0.1) is 59.3 Å². The summed E-state index contributed by atoms with van der Waals surface area (Å²) in [6.07, 6.45) is -0.885. The zero-order chi connectivity index (χ0) is 22.3. The van der Waals surface area contributed by atoms with Crippen LogP contribution in [0.25, 0.3) is 0 Å². The monoisotopic (exact) mass is 426 g/mol. The summed E-state index contributed by atoms with van der Waals surface area (Å²) in [7, 11) is 1.56. The lowest BCUT2D eigenvalue weighted by atomic mass is 10.1. The van der Waals surface area contributed by atoms with E-state index in [1.54, 1.807) is 20.9 Å². The summed E-state index contributed by atoms with van der Waals surface area (Å²) >= 11 is 0. The molecule has 0 bridgehead atoms. The number of aliphatic carboxylic acids is 1. The van der Waals surface area contributed by atoms with E-state index in [1.807, 2.05) is 0 Å². The summed E-state index contributed by atoms with van der Waals surface area (Å²) in [5.41, 5.74) is 0. The number of alkyl halides is 1. The Kier molecular flexibility index (Phi) is 22.8. The summed E-state index contributed by atoms with van der Waals surface area (Å²) in [5, 5.41) is 13.1. The third-order valence-corrected chi connectivity index (χ3v) is 3.08. The van der Waals surface area contributed by atoms with Gasteiger partial charge < -0.3 is 34.7 Å². The molecule has 1 atom stereocenters. The molecule has 0 rings (SSSR count). The highest BCUT2D eigenvalue weighted by Gasteiger charge is 2.20. The fraction of sp³-hybridized carbons (Fsp3) is 0.833. The van der Waals surface area contributed by atoms with Gasteiger partial charge in [-0.05, 0) is 5.92 Å². The first kappa shape index (κ1) is 29.4. The second-order valence-electron chi connectivity index (χ2n) is 5.94. The average Bonchev–Trinajstić information content (AvgIpc) is 2.69. The minimum atomic E-state index is -1.49. The number of rotatable bonds is 18. The molecule has 0 aromatic rings. The lowest BCUT2D eigenvalue weighted by Gasteiger charge is -2.12. The zero-order valence-electron chi connectivity index (χ0n) is 17.5. The predicted molar refractivity (Wildman–Crippen MR) is 103 cm³/mol. The number of halogens is 1. The van der Waals surface area contributed by atoms with E-state index >= 15 is 0 Å². The maximum atomic E-state index is 13.3. The van der Waals surface area contributed by atoms with Crippen molar-refractivity contribution < 1.29 is 42.8 Å². The minimum absolute atomic E-state index is 0.0150. The number of nitrogens with one attached hydrogen (secondary N) is 2. The largest absolute Gasteiger partial charge is 0.481 e. The summed E-state index contributed by atoms with van der Waals surface area (Å²) in [5.74, 6) is -1.84. The van der Waals surface area contributed by atoms with Crippen molar-refractivity contribution in [3.8, 4) is 0 Å². The molecule has 0 fully saturated rings. The molecule has 29 heavy (non-hydrogen) atoms. The van der Waals surface area contributed by atoms with Crippen molar-refractivity contribution in [3.63, 3.8) is 0 Å². The Bertz CT molecular complexity index is 413. The molecule has 2 amide bonds. The Morgan fingerprint density at radius 1 is 0.931 bits per heavy atom. The van der Waals surface area contributed by atoms with Crippen LogP contribution in [-0.4, -0.2) is 96.0 Å². The number of amides is 2. The molecule has 0 spiro atoms. The molecule has 172 valence electrons. The maximum Gasteiger partial charge on any atom is 0.305 e. The van der Waals surface area contributed by atoms with Crippen LogP contribution in [0.1, 0.15) is 20.3 Å². The first-order valence-electron chi connectivity index (χ1n) is 9.42. The lowest BCUT2D eigenvalue weighted by molar-refractivity contribution is -0.138. The lowest BCUT2D eigenvalue weighted by Crippen LogP contribution is -2.36. The van der Waals surface area contributed by atoms with Gasteiger partial charge >= 0.3 is 5.97 Å². The highest BCUT2D eigenvalue weighted by Crippen LogP contribution is 2.05. The highest BCUT2D eigenvalue weighted by atomic mass is 19.1. The normalized spacial score (nSPS) is 11.3. The second-order valence-corrected chi connectivity index (χ2v) is 5.94. The summed E-state index contributed by atoms with van der Waals surface area (Å²) < 4.78 is 34.1. The fourth-order valence-corrected chi connectivity index (χ4v) is 1.57. The van der Waals surface area contributed by atoms with Gasteiger partial charge in [0.15, 0.2) is 6.17 Å². The Morgan fingerprint density at radius 2 is 1.34 bits per heavy atom. The van der Waals surface area contributed by atoms with E-state index in [0.29, 0.717) is 52.7 Å². The van der Waals surface area contributed by atoms with Crippen LogP contribution in [-0.2, 0) is 33.3 Å². The second kappa shape index (κ2) is 22.5. The van der Waals surface area contributed by atoms with Crippen molar-refractivity contribution in [2.75, 3.05) is 66.4 Å². The van der Waals surface area contributed by atoms with Gasteiger partial charge in [-0.1, -0.05) is 13.8 Å². The SMILES string of the molecule is CC(C)C(F)C(=O)NCCOCCOCCOCCOCCC(=O)O.CNC=O. The molecule has 1 unspecified atom stereocenters. The molecule has 0 aliphatic rings. The van der Waals surface area contributed by atoms with Crippen molar-refractivity contribution >= 4 is 18.3 Å². The molecule has 0 saturated heterocycles. The molecule has 0 heterocycles. The third-order valence-electron chi connectivity index (χ3n) is 3.08. The Labute approximate surface area is 171 Å². The summed E-state index contributed by atoms with van der Waals surface area (Å²) in [6, 6.07) is 0. The number of hydrogen-bond donors (Lipinski definition) is 3. The molecule has 11 heteroatoms. The van der Waals surface area contributed by atoms with Gasteiger partial charge in [0.1, 0.15) is 0 Å². The Hall–Kier alpha value is -1.82. The molecule has 0 saturated carbocycles. The molecule has 0 aromatic carbocycles. The van der Waals surface area contributed by atoms with Crippen LogP contribution >= 0.6 is 0 Å². The summed E-state index contributed by atoms with van der Waals surface area (Å²) in [6.45, 7) is 6.34. The van der Waals surface area contributed by atoms with Crippen molar-refractivity contribution in [3.05, 3.63) is 0 Å². The van der Waals surface area contributed by atoms with E-state index in [0.717, 1.165) is 0 Å². The smallest absolute Gasteiger partial charge is 0.305 e. The maximum absolute atomic E-state index is 13.3. The van der Waals surface area contributed by atoms with E-state index in [-0.39, 0.29) is 25.5 Å². The van der Waals surface area contributed by atoms with E-state index in [2.05, 4.69) is 10.6 Å². The van der Waals surface area contributed by atoms with Gasteiger partial charge in [-0.15, -0.1) is 0 Å². The molecule has 0 radical (unpaired) electrons. The number of carboxylic acid groups (broad SMARTS) is 1. The average molecular weight is 426 g/mol. The van der Waals surface area contributed by atoms with Crippen LogP contribution in [0.3, 0.4) is 0 Å². The number of carbonyl (C=O) groups excluding carboxylic acids is 2. The summed E-state index contributed by atoms with van der Waals surface area (Å²) in [4.78, 5) is 30.6. The van der Waals surface area contributed by atoms with Crippen LogP contribution in [0.15, 0.2) is 0 Å². The molecular weight excluding hydrogens is 391 g/mol. The molecule has 3 N–H and O–H groups in total. The highest BCUT2D eigenvalue weighted by molar-refractivity contribution is 5.80. The number of ether oxygens (including phenoxy) is 4. The molecule has 0 aliphatic heterocycles. The molecule has 0 aromatic heterocycles. The van der Waals surface area contributed by atoms with E-state index in [4.69, 9.17) is 28.8 Å². The molecule has 0 aliphatic carbocycles. The zero-order valence-corrected chi connectivity index (χ0v) is 17.5. The van der Waals surface area contributed by atoms with E-state index < -0.39 is 18.0 Å². The van der Waals surface area contributed by atoms with Gasteiger partial charge in [-0.3, -0.25) is 14.4 Å². The van der Waals surface area contributed by atoms with Crippen molar-refractivity contribution in [2.45, 2.75) is 26.4 Å². The van der Waals surface area contributed by atoms with Gasteiger partial charge in [-0.25, -0.2) is 4.39 Å². The number of hydrogen-bond acceptors (Lipinski definition) is 7. The molecular formula is C18H35FN2O8. The Morgan fingerprint density at radius 3 is 1.72 bits per heavy atom. The van der Waals surface area contributed by atoms with Crippen LogP contribution in [0.5, 0.6) is 0 Å². The first-order chi connectivity index (χ1) is 13.9. The molecule has 10 nitrogen and oxygen atoms in total. The van der Waals surface area contributed by atoms with Gasteiger partial charge in [-0.2, -0.15) is 0 Å². The predicted octanol–water partition coefficient (Wildman–Crippen LogP) is 0.00000000000000427. The van der Waals surface area contributed by atoms with Crippen molar-refractivity contribution in [2.24, 2.45) is 5.92 Å². The Balaban J connectivity index is 0. The standard InChI is InChI=1S/C16H30FNO7.C2H5NO/c1-13(2)15(17)16(21)18-4-6-23-8-10-25-12-11-24-9-7-22-5-3-14(19)20;1-3-2-4/h13,15H,3-12H2,1-2H3,(H,18,21)(H,19,20);2H,1H3,(H,3,4). The van der Waals surface area contributed by atoms with Gasteiger partial charge in [0.2, 0.25) is 6.41 Å². The van der Waals surface area contributed by atoms with E-state index in [9.17, 15) is 14.0 Å². The van der Waals surface area contributed by atoms with Crippen LogP contribution < -0.4 is 10.6 Å². The number of carboxylic acids is 1. The van der Waals surface area contributed by atoms with Crippen LogP contribution in [0.2, 0.25) is 0 Å². The van der Waals surface area contributed by atoms with Crippen molar-refractivity contribution in [1.82, 2.24) is 10.6 Å². The van der Waals surface area contributed by atoms with E-state index in [1.165, 1.54) is 0 Å². The topological polar surface area (TPSA) is 132 Å². The van der Waals surface area contributed by atoms with Crippen LogP contribution in [0.4, 0.5) is 4.39 Å². The third kappa shape index (κ3) is 24.1. The first-order valence-corrected chi connectivity index (χ1v) is 9.42. The van der Waals surface area contributed by atoms with Gasteiger partial charge in [0.25, 0.3) is 5.91 Å². The van der Waals surface area contributed by atoms with Crippen LogP contribution in [0, 0.1) is 5.92 Å². The fourth-order valence-electron chi connectivity index (χ4n) is 1.57. The quantitative estimate of drug-likeness (QED) is 0.206. The van der Waals surface area contributed by atoms with Crippen molar-refractivity contribution in [1.29, 1.82) is 0 Å². The van der Waals surface area contributed by atoms with Gasteiger partial charge in [0, 0.05) is 13.6 Å². The minimum Gasteiger partial charge on any atom is -0.481 e. The number of carbonyl (C=O) groups is 3.